The summed E-state index contributed by atoms with van der Waals surface area (Å²) < 4.78 is 20.7. The van der Waals surface area contributed by atoms with E-state index < -0.39 is 17.7 Å². The number of carbonyl (C=O) groups excluding carboxylic acids is 2. The number of ether oxygens (including phenoxy) is 1. The first kappa shape index (κ1) is 26.8. The number of hydrogen-bond acceptors (Lipinski definition) is 8. The van der Waals surface area contributed by atoms with Crippen LogP contribution in [0, 0.1) is 11.3 Å². The zero-order valence-electron chi connectivity index (χ0n) is 21.4. The van der Waals surface area contributed by atoms with Crippen LogP contribution < -0.4 is 10.6 Å². The van der Waals surface area contributed by atoms with Crippen LogP contribution in [0.5, 0.6) is 0 Å². The number of likely N-dealkylation sites (tertiary alicyclic amines) is 1. The Bertz CT molecular complexity index is 1370. The first-order valence-corrected chi connectivity index (χ1v) is 12.2. The van der Waals surface area contributed by atoms with Gasteiger partial charge in [-0.15, -0.1) is 0 Å². The predicted molar refractivity (Wildman–Crippen MR) is 137 cm³/mol. The average molecular weight is 524 g/mol. The number of amides is 2. The Balaban J connectivity index is 1.62. The van der Waals surface area contributed by atoms with Crippen LogP contribution in [0.1, 0.15) is 42.6 Å². The van der Waals surface area contributed by atoms with Crippen molar-refractivity contribution in [3.8, 4) is 17.5 Å². The summed E-state index contributed by atoms with van der Waals surface area (Å²) in [7, 11) is 1.34. The Morgan fingerprint density at radius 1 is 1.29 bits per heavy atom. The molecule has 1 aliphatic rings. The maximum atomic E-state index is 14.3. The molecule has 2 amide bonds. The molecule has 0 saturated carbocycles. The lowest BCUT2D eigenvalue weighted by molar-refractivity contribution is -0.00177. The van der Waals surface area contributed by atoms with Crippen molar-refractivity contribution in [3.05, 3.63) is 47.8 Å². The largest absolute Gasteiger partial charge is 0.453 e. The third kappa shape index (κ3) is 5.84. The molecule has 0 aromatic carbocycles. The van der Waals surface area contributed by atoms with E-state index in [9.17, 15) is 19.1 Å². The van der Waals surface area contributed by atoms with Crippen molar-refractivity contribution in [2.75, 3.05) is 32.1 Å². The summed E-state index contributed by atoms with van der Waals surface area (Å²) in [5.74, 6) is -0.540. The molecule has 3 N–H and O–H groups in total. The molecule has 4 heterocycles. The van der Waals surface area contributed by atoms with E-state index in [0.717, 1.165) is 0 Å². The number of alkyl halides is 1. The van der Waals surface area contributed by atoms with Crippen LogP contribution >= 0.6 is 0 Å². The van der Waals surface area contributed by atoms with Crippen LogP contribution in [0.3, 0.4) is 0 Å². The van der Waals surface area contributed by atoms with Crippen LogP contribution in [-0.4, -0.2) is 81.2 Å². The van der Waals surface area contributed by atoms with Gasteiger partial charge >= 0.3 is 6.09 Å². The van der Waals surface area contributed by atoms with Crippen molar-refractivity contribution in [1.29, 1.82) is 5.26 Å². The summed E-state index contributed by atoms with van der Waals surface area (Å²) in [6.45, 7) is 3.29. The molecule has 3 aromatic rings. The maximum Gasteiger partial charge on any atom is 0.409 e. The van der Waals surface area contributed by atoms with Crippen molar-refractivity contribution in [3.63, 3.8) is 0 Å². The fraction of sp³-hybridized carbons (Fsp3) is 0.423. The first-order chi connectivity index (χ1) is 18.1. The zero-order valence-corrected chi connectivity index (χ0v) is 21.4. The molecule has 1 fully saturated rings. The Morgan fingerprint density at radius 3 is 2.68 bits per heavy atom. The molecule has 3 aromatic heterocycles. The first-order valence-electron chi connectivity index (χ1n) is 12.2. The summed E-state index contributed by atoms with van der Waals surface area (Å²) in [4.78, 5) is 31.0. The van der Waals surface area contributed by atoms with Crippen molar-refractivity contribution in [2.24, 2.45) is 0 Å². The number of halogens is 1. The van der Waals surface area contributed by atoms with E-state index in [0.29, 0.717) is 54.1 Å². The third-order valence-electron chi connectivity index (χ3n) is 6.54. The Hall–Kier alpha value is -4.24. The van der Waals surface area contributed by atoms with Crippen molar-refractivity contribution in [2.45, 2.75) is 44.5 Å². The Morgan fingerprint density at radius 2 is 2.03 bits per heavy atom. The fourth-order valence-corrected chi connectivity index (χ4v) is 4.23. The van der Waals surface area contributed by atoms with Gasteiger partial charge in [0, 0.05) is 25.3 Å². The topological polar surface area (TPSA) is 145 Å². The quantitative estimate of drug-likeness (QED) is 0.429. The number of pyridine rings is 1. The highest BCUT2D eigenvalue weighted by atomic mass is 19.1. The van der Waals surface area contributed by atoms with Crippen molar-refractivity contribution < 1.29 is 23.8 Å². The number of aromatic nitrogens is 3. The molecule has 38 heavy (non-hydrogen) atoms. The summed E-state index contributed by atoms with van der Waals surface area (Å²) in [5.41, 5.74) is 1.45. The number of nitriles is 1. The second kappa shape index (κ2) is 11.0. The van der Waals surface area contributed by atoms with Gasteiger partial charge in [0.05, 0.1) is 59.2 Å². The van der Waals surface area contributed by atoms with Gasteiger partial charge in [0.25, 0.3) is 5.91 Å². The molecule has 0 radical (unpaired) electrons. The number of nitrogens with zero attached hydrogens (tertiary/aromatic N) is 5. The number of fused-ring (bicyclic) bond motifs is 1. The van der Waals surface area contributed by atoms with E-state index in [1.54, 1.807) is 21.5 Å². The number of aliphatic hydroxyl groups is 1. The van der Waals surface area contributed by atoms with Gasteiger partial charge in [-0.2, -0.15) is 10.4 Å². The van der Waals surface area contributed by atoms with E-state index in [2.05, 4.69) is 26.8 Å². The summed E-state index contributed by atoms with van der Waals surface area (Å²) in [6.07, 6.45) is 2.10. The lowest BCUT2D eigenvalue weighted by atomic mass is 10.0. The molecule has 1 atom stereocenters. The van der Waals surface area contributed by atoms with Gasteiger partial charge in [0.15, 0.2) is 0 Å². The fourth-order valence-electron chi connectivity index (χ4n) is 4.23. The molecule has 4 rings (SSSR count). The number of hydrogen-bond donors (Lipinski definition) is 3. The minimum absolute atomic E-state index is 0.0385. The minimum atomic E-state index is -1.66. The summed E-state index contributed by atoms with van der Waals surface area (Å²) in [6, 6.07) is 9.10. The molecule has 12 heteroatoms. The van der Waals surface area contributed by atoms with Gasteiger partial charge in [-0.25, -0.2) is 13.7 Å². The van der Waals surface area contributed by atoms with Gasteiger partial charge in [0.1, 0.15) is 12.2 Å². The zero-order chi connectivity index (χ0) is 27.4. The average Bonchev–Trinajstić information content (AvgIpc) is 3.34. The predicted octanol–water partition coefficient (Wildman–Crippen LogP) is 2.75. The van der Waals surface area contributed by atoms with Gasteiger partial charge in [-0.1, -0.05) is 0 Å². The van der Waals surface area contributed by atoms with Gasteiger partial charge in [-0.3, -0.25) is 9.78 Å². The molecule has 0 unspecified atom stereocenters. The third-order valence-corrected chi connectivity index (χ3v) is 6.54. The Labute approximate surface area is 219 Å². The number of carbonyl (C=O) groups is 2. The molecular weight excluding hydrogens is 493 g/mol. The normalized spacial score (nSPS) is 15.1. The standard InChI is InChI=1S/C26H30FN7O4/c1-26(2,37)23(27)15-30-24(35)19-14-29-21(22-5-4-18-10-16(12-28)13-31-34(18)22)11-20(19)32-17-6-8-33(9-7-17)25(36)38-3/h4-5,10-11,13-14,17,23,37H,6-9,15H2,1-3H3,(H,29,32)(H,30,35)/t23-/m1/s1. The van der Waals surface area contributed by atoms with E-state index in [1.807, 2.05) is 12.1 Å². The highest BCUT2D eigenvalue weighted by molar-refractivity contribution is 6.00. The minimum Gasteiger partial charge on any atom is -0.453 e. The van der Waals surface area contributed by atoms with Crippen molar-refractivity contribution >= 4 is 23.2 Å². The molecule has 0 bridgehead atoms. The number of piperidine rings is 1. The van der Waals surface area contributed by atoms with E-state index >= 15 is 0 Å². The highest BCUT2D eigenvalue weighted by Gasteiger charge is 2.28. The maximum absolute atomic E-state index is 14.3. The van der Waals surface area contributed by atoms with Crippen LogP contribution in [0.25, 0.3) is 16.9 Å². The molecule has 11 nitrogen and oxygen atoms in total. The number of nitrogens with one attached hydrogen (secondary N) is 2. The smallest absolute Gasteiger partial charge is 0.409 e. The van der Waals surface area contributed by atoms with Gasteiger partial charge < -0.3 is 25.4 Å². The lowest BCUT2D eigenvalue weighted by Gasteiger charge is -2.32. The van der Waals surface area contributed by atoms with E-state index in [-0.39, 0.29) is 24.2 Å². The number of methoxy groups -OCH3 is 1. The molecule has 0 spiro atoms. The molecule has 200 valence electrons. The summed E-state index contributed by atoms with van der Waals surface area (Å²) >= 11 is 0. The van der Waals surface area contributed by atoms with Crippen molar-refractivity contribution in [1.82, 2.24) is 24.8 Å². The van der Waals surface area contributed by atoms with Gasteiger partial charge in [0.2, 0.25) is 0 Å². The second-order valence-corrected chi connectivity index (χ2v) is 9.73. The van der Waals surface area contributed by atoms with E-state index in [1.165, 1.54) is 33.4 Å². The van der Waals surface area contributed by atoms with Crippen LogP contribution in [0.15, 0.2) is 36.7 Å². The lowest BCUT2D eigenvalue weighted by Crippen LogP contribution is -2.43. The van der Waals surface area contributed by atoms with Crippen LogP contribution in [0.4, 0.5) is 14.9 Å². The van der Waals surface area contributed by atoms with Crippen LogP contribution in [0.2, 0.25) is 0 Å². The second-order valence-electron chi connectivity index (χ2n) is 9.73. The SMILES string of the molecule is COC(=O)N1CCC(Nc2cc(-c3ccc4cc(C#N)cnn34)ncc2C(=O)NC[C@@H](F)C(C)(C)O)CC1. The molecule has 1 aliphatic heterocycles. The Kier molecular flexibility index (Phi) is 7.78. The highest BCUT2D eigenvalue weighted by Crippen LogP contribution is 2.27. The number of rotatable bonds is 7. The van der Waals surface area contributed by atoms with E-state index in [4.69, 9.17) is 10.00 Å². The van der Waals surface area contributed by atoms with Crippen LogP contribution in [-0.2, 0) is 4.74 Å². The molecule has 0 aliphatic carbocycles. The van der Waals surface area contributed by atoms with Gasteiger partial charge in [-0.05, 0) is 51.0 Å². The summed E-state index contributed by atoms with van der Waals surface area (Å²) in [5, 5.41) is 29.3. The molecular formula is C26H30FN7O4. The molecule has 1 saturated heterocycles. The monoisotopic (exact) mass is 523 g/mol. The number of anilines is 1.